The minimum atomic E-state index is -3.08. The van der Waals surface area contributed by atoms with E-state index in [1.54, 1.807) is 0 Å². The smallest absolute Gasteiger partial charge is 0.208 e. The fourth-order valence-corrected chi connectivity index (χ4v) is 3.48. The quantitative estimate of drug-likeness (QED) is 0.707. The summed E-state index contributed by atoms with van der Waals surface area (Å²) in [7, 11) is -3.08. The van der Waals surface area contributed by atoms with Crippen LogP contribution in [0.15, 0.2) is 16.5 Å². The van der Waals surface area contributed by atoms with Gasteiger partial charge in [0.25, 0.3) is 0 Å². The Labute approximate surface area is 133 Å². The monoisotopic (exact) mass is 326 g/mol. The van der Waals surface area contributed by atoms with Gasteiger partial charge in [-0.2, -0.15) is 0 Å². The molecule has 1 N–H and O–H groups in total. The normalized spacial score (nSPS) is 24.9. The molecule has 0 spiro atoms. The molecule has 2 fully saturated rings. The van der Waals surface area contributed by atoms with Crippen molar-refractivity contribution < 1.29 is 12.8 Å². The molecule has 0 bridgehead atoms. The molecular formula is C16H26N2O3S. The van der Waals surface area contributed by atoms with Crippen molar-refractivity contribution in [2.24, 2.45) is 5.92 Å². The predicted molar refractivity (Wildman–Crippen MR) is 86.1 cm³/mol. The number of hydrogen-bond acceptors (Lipinski definition) is 4. The van der Waals surface area contributed by atoms with Crippen molar-refractivity contribution in [3.05, 3.63) is 23.7 Å². The van der Waals surface area contributed by atoms with E-state index in [4.69, 9.17) is 4.42 Å². The molecule has 2 aliphatic rings. The summed E-state index contributed by atoms with van der Waals surface area (Å²) in [5.41, 5.74) is 0. The van der Waals surface area contributed by atoms with Gasteiger partial charge in [-0.1, -0.05) is 6.92 Å². The molecule has 2 aliphatic carbocycles. The van der Waals surface area contributed by atoms with E-state index in [-0.39, 0.29) is 0 Å². The van der Waals surface area contributed by atoms with E-state index in [2.05, 4.69) is 28.7 Å². The maximum atomic E-state index is 11.1. The molecule has 124 valence electrons. The van der Waals surface area contributed by atoms with Crippen molar-refractivity contribution in [2.45, 2.75) is 51.1 Å². The summed E-state index contributed by atoms with van der Waals surface area (Å²) in [6.45, 7) is 4.51. The van der Waals surface area contributed by atoms with Crippen molar-refractivity contribution in [1.29, 1.82) is 0 Å². The largest absolute Gasteiger partial charge is 0.464 e. The first kappa shape index (κ1) is 16.0. The molecule has 2 atom stereocenters. The lowest BCUT2D eigenvalue weighted by atomic mass is 10.3. The minimum Gasteiger partial charge on any atom is -0.464 e. The Morgan fingerprint density at radius 1 is 1.36 bits per heavy atom. The molecule has 6 heteroatoms. The van der Waals surface area contributed by atoms with E-state index in [0.29, 0.717) is 18.5 Å². The van der Waals surface area contributed by atoms with Gasteiger partial charge in [0, 0.05) is 25.0 Å². The zero-order valence-electron chi connectivity index (χ0n) is 13.4. The molecule has 22 heavy (non-hydrogen) atoms. The van der Waals surface area contributed by atoms with Crippen LogP contribution in [0.1, 0.15) is 50.0 Å². The fourth-order valence-electron chi connectivity index (χ4n) is 2.97. The van der Waals surface area contributed by atoms with Crippen molar-refractivity contribution in [3.8, 4) is 0 Å². The molecule has 0 saturated heterocycles. The van der Waals surface area contributed by atoms with E-state index in [1.807, 2.05) is 0 Å². The van der Waals surface area contributed by atoms with Gasteiger partial charge in [0.2, 0.25) is 10.0 Å². The number of nitrogens with zero attached hydrogens (tertiary/aromatic N) is 1. The summed E-state index contributed by atoms with van der Waals surface area (Å²) in [5.74, 6) is 3.57. The van der Waals surface area contributed by atoms with Gasteiger partial charge >= 0.3 is 0 Å². The Morgan fingerprint density at radius 3 is 2.68 bits per heavy atom. The second kappa shape index (κ2) is 6.34. The first-order chi connectivity index (χ1) is 10.4. The Morgan fingerprint density at radius 2 is 2.09 bits per heavy atom. The zero-order valence-corrected chi connectivity index (χ0v) is 14.2. The molecule has 5 nitrogen and oxygen atoms in total. The maximum absolute atomic E-state index is 11.1. The van der Waals surface area contributed by atoms with E-state index >= 15 is 0 Å². The van der Waals surface area contributed by atoms with Crippen LogP contribution >= 0.6 is 0 Å². The molecule has 2 saturated carbocycles. The summed E-state index contributed by atoms with van der Waals surface area (Å²) in [5, 5.41) is 0. The van der Waals surface area contributed by atoms with Crippen molar-refractivity contribution in [1.82, 2.24) is 9.62 Å². The molecule has 0 amide bonds. The molecule has 0 unspecified atom stereocenters. The third-order valence-corrected chi connectivity index (χ3v) is 5.29. The highest BCUT2D eigenvalue weighted by Gasteiger charge is 2.37. The Balaban J connectivity index is 1.48. The highest BCUT2D eigenvalue weighted by molar-refractivity contribution is 7.88. The molecule has 0 aromatic carbocycles. The van der Waals surface area contributed by atoms with Crippen molar-refractivity contribution in [2.75, 3.05) is 19.3 Å². The van der Waals surface area contributed by atoms with Crippen LogP contribution in [0.5, 0.6) is 0 Å². The van der Waals surface area contributed by atoms with E-state index < -0.39 is 10.0 Å². The maximum Gasteiger partial charge on any atom is 0.208 e. The van der Waals surface area contributed by atoms with Crippen LogP contribution < -0.4 is 4.72 Å². The van der Waals surface area contributed by atoms with Crippen LogP contribution in [-0.2, 0) is 16.6 Å². The third kappa shape index (κ3) is 4.57. The highest BCUT2D eigenvalue weighted by atomic mass is 32.2. The topological polar surface area (TPSA) is 62.6 Å². The number of rotatable bonds is 9. The van der Waals surface area contributed by atoms with Crippen LogP contribution in [-0.4, -0.2) is 38.7 Å². The van der Waals surface area contributed by atoms with Crippen LogP contribution in [0.2, 0.25) is 0 Å². The van der Waals surface area contributed by atoms with Crippen LogP contribution in [0.25, 0.3) is 0 Å². The van der Waals surface area contributed by atoms with Gasteiger partial charge in [-0.05, 0) is 43.7 Å². The third-order valence-electron chi connectivity index (χ3n) is 4.57. The lowest BCUT2D eigenvalue weighted by Crippen LogP contribution is -2.30. The molecule has 1 heterocycles. The van der Waals surface area contributed by atoms with E-state index in [0.717, 1.165) is 36.9 Å². The molecule has 3 rings (SSSR count). The highest BCUT2D eigenvalue weighted by Crippen LogP contribution is 2.47. The summed E-state index contributed by atoms with van der Waals surface area (Å²) in [6.07, 6.45) is 5.77. The van der Waals surface area contributed by atoms with Crippen molar-refractivity contribution >= 4 is 10.0 Å². The standard InChI is InChI=1S/C16H26N2O3S/c1-12-10-15(12)16-7-6-14(21-16)11-18(13-4-5-13)9-3-8-17-22(2,19)20/h6-7,12-13,15,17H,3-5,8-11H2,1-2H3/t12-,15+/m0/s1. The van der Waals surface area contributed by atoms with Crippen LogP contribution in [0.3, 0.4) is 0 Å². The fraction of sp³-hybridized carbons (Fsp3) is 0.750. The molecular weight excluding hydrogens is 300 g/mol. The van der Waals surface area contributed by atoms with Gasteiger partial charge in [0.05, 0.1) is 12.8 Å². The Kier molecular flexibility index (Phi) is 4.61. The second-order valence-corrected chi connectivity index (χ2v) is 8.68. The van der Waals surface area contributed by atoms with Crippen molar-refractivity contribution in [3.63, 3.8) is 0 Å². The first-order valence-corrected chi connectivity index (χ1v) is 10.1. The summed E-state index contributed by atoms with van der Waals surface area (Å²) < 4.78 is 30.7. The second-order valence-electron chi connectivity index (χ2n) is 6.85. The van der Waals surface area contributed by atoms with E-state index in [1.165, 1.54) is 25.5 Å². The lowest BCUT2D eigenvalue weighted by molar-refractivity contribution is 0.229. The van der Waals surface area contributed by atoms with Gasteiger partial charge in [-0.3, -0.25) is 4.90 Å². The number of sulfonamides is 1. The Hall–Kier alpha value is -0.850. The van der Waals surface area contributed by atoms with Gasteiger partial charge in [0.1, 0.15) is 11.5 Å². The van der Waals surface area contributed by atoms with Gasteiger partial charge in [-0.15, -0.1) is 0 Å². The van der Waals surface area contributed by atoms with Gasteiger partial charge in [0.15, 0.2) is 0 Å². The lowest BCUT2D eigenvalue weighted by Gasteiger charge is -2.20. The SMILES string of the molecule is C[C@H]1C[C@H]1c1ccc(CN(CCCNS(C)(=O)=O)C2CC2)o1. The van der Waals surface area contributed by atoms with E-state index in [9.17, 15) is 8.42 Å². The molecule has 0 radical (unpaired) electrons. The average Bonchev–Trinajstić information content (AvgIpc) is 3.34. The molecule has 0 aliphatic heterocycles. The number of furan rings is 1. The van der Waals surface area contributed by atoms with Gasteiger partial charge in [-0.25, -0.2) is 13.1 Å². The van der Waals surface area contributed by atoms with Gasteiger partial charge < -0.3 is 4.42 Å². The minimum absolute atomic E-state index is 0.505. The molecule has 1 aromatic heterocycles. The van der Waals surface area contributed by atoms with Crippen LogP contribution in [0.4, 0.5) is 0 Å². The number of hydrogen-bond donors (Lipinski definition) is 1. The predicted octanol–water partition coefficient (Wildman–Crippen LogP) is 2.31. The first-order valence-electron chi connectivity index (χ1n) is 8.19. The summed E-state index contributed by atoms with van der Waals surface area (Å²) in [4.78, 5) is 2.42. The average molecular weight is 326 g/mol. The number of nitrogens with one attached hydrogen (secondary N) is 1. The Bertz CT molecular complexity index is 607. The summed E-state index contributed by atoms with van der Waals surface area (Å²) in [6, 6.07) is 4.87. The molecule has 1 aromatic rings. The zero-order chi connectivity index (χ0) is 15.7. The van der Waals surface area contributed by atoms with Crippen LogP contribution in [0, 0.1) is 5.92 Å². The summed E-state index contributed by atoms with van der Waals surface area (Å²) >= 11 is 0.